The summed E-state index contributed by atoms with van der Waals surface area (Å²) >= 11 is 0. The van der Waals surface area contributed by atoms with E-state index in [4.69, 9.17) is 0 Å². The Hall–Kier alpha value is -2.35. The Kier molecular flexibility index (Phi) is 3.38. The Morgan fingerprint density at radius 3 is 2.29 bits per heavy atom. The van der Waals surface area contributed by atoms with Crippen LogP contribution in [0.3, 0.4) is 0 Å². The van der Waals surface area contributed by atoms with Crippen LogP contribution in [0.5, 0.6) is 0 Å². The monoisotopic (exact) mass is 276 g/mol. The summed E-state index contributed by atoms with van der Waals surface area (Å²) in [4.78, 5) is 4.39. The average Bonchev–Trinajstić information content (AvgIpc) is 2.47. The van der Waals surface area contributed by atoms with Gasteiger partial charge in [-0.05, 0) is 41.3 Å². The van der Waals surface area contributed by atoms with E-state index in [1.54, 1.807) is 0 Å². The molecule has 0 radical (unpaired) electrons. The van der Waals surface area contributed by atoms with Gasteiger partial charge in [0.25, 0.3) is 0 Å². The van der Waals surface area contributed by atoms with Gasteiger partial charge in [-0.1, -0.05) is 45.0 Å². The first-order valence-corrected chi connectivity index (χ1v) is 7.25. The van der Waals surface area contributed by atoms with E-state index in [1.807, 2.05) is 12.3 Å². The zero-order valence-corrected chi connectivity index (χ0v) is 12.7. The molecule has 0 aliphatic carbocycles. The van der Waals surface area contributed by atoms with Crippen molar-refractivity contribution in [2.24, 2.45) is 0 Å². The average molecular weight is 276 g/mol. The number of nitrogens with zero attached hydrogens (tertiary/aromatic N) is 1. The maximum absolute atomic E-state index is 4.39. The van der Waals surface area contributed by atoms with Crippen LogP contribution < -0.4 is 5.32 Å². The third-order valence-corrected chi connectivity index (χ3v) is 3.65. The van der Waals surface area contributed by atoms with E-state index in [0.717, 1.165) is 22.3 Å². The Balaban J connectivity index is 1.84. The van der Waals surface area contributed by atoms with Crippen molar-refractivity contribution in [1.29, 1.82) is 0 Å². The minimum absolute atomic E-state index is 0.186. The van der Waals surface area contributed by atoms with Crippen LogP contribution in [0.25, 0.3) is 10.9 Å². The molecule has 0 spiro atoms. The Morgan fingerprint density at radius 1 is 0.857 bits per heavy atom. The molecule has 2 nitrogen and oxygen atoms in total. The van der Waals surface area contributed by atoms with Gasteiger partial charge < -0.3 is 5.32 Å². The summed E-state index contributed by atoms with van der Waals surface area (Å²) in [6.45, 7) is 6.68. The SMILES string of the molecule is CC(C)(C)c1ccc(Nc2ccc3cccnc3c2)cc1. The van der Waals surface area contributed by atoms with Gasteiger partial charge in [0.05, 0.1) is 5.52 Å². The highest BCUT2D eigenvalue weighted by Gasteiger charge is 2.12. The van der Waals surface area contributed by atoms with Crippen LogP contribution in [-0.4, -0.2) is 4.98 Å². The van der Waals surface area contributed by atoms with Crippen molar-refractivity contribution in [3.8, 4) is 0 Å². The minimum atomic E-state index is 0.186. The Bertz CT molecular complexity index is 752. The lowest BCUT2D eigenvalue weighted by molar-refractivity contribution is 0.590. The van der Waals surface area contributed by atoms with E-state index in [0.29, 0.717) is 0 Å². The van der Waals surface area contributed by atoms with Crippen molar-refractivity contribution in [1.82, 2.24) is 4.98 Å². The summed E-state index contributed by atoms with van der Waals surface area (Å²) in [5.41, 5.74) is 4.69. The van der Waals surface area contributed by atoms with Crippen molar-refractivity contribution >= 4 is 22.3 Å². The number of anilines is 2. The molecule has 1 aromatic heterocycles. The number of aromatic nitrogens is 1. The molecule has 1 heterocycles. The fourth-order valence-electron chi connectivity index (χ4n) is 2.36. The lowest BCUT2D eigenvalue weighted by atomic mass is 9.87. The number of benzene rings is 2. The van der Waals surface area contributed by atoms with Crippen molar-refractivity contribution in [3.05, 3.63) is 66.4 Å². The first-order valence-electron chi connectivity index (χ1n) is 7.25. The van der Waals surface area contributed by atoms with Gasteiger partial charge in [0.2, 0.25) is 0 Å². The van der Waals surface area contributed by atoms with Gasteiger partial charge in [0.15, 0.2) is 0 Å². The van der Waals surface area contributed by atoms with Gasteiger partial charge in [-0.2, -0.15) is 0 Å². The maximum Gasteiger partial charge on any atom is 0.0722 e. The van der Waals surface area contributed by atoms with Crippen LogP contribution in [0.2, 0.25) is 0 Å². The van der Waals surface area contributed by atoms with Gasteiger partial charge in [0, 0.05) is 23.0 Å². The third-order valence-electron chi connectivity index (χ3n) is 3.65. The Labute approximate surface area is 125 Å². The number of pyridine rings is 1. The van der Waals surface area contributed by atoms with Crippen molar-refractivity contribution in [3.63, 3.8) is 0 Å². The van der Waals surface area contributed by atoms with Gasteiger partial charge in [-0.25, -0.2) is 0 Å². The van der Waals surface area contributed by atoms with E-state index >= 15 is 0 Å². The second-order valence-electron chi connectivity index (χ2n) is 6.36. The summed E-state index contributed by atoms with van der Waals surface area (Å²) in [6.07, 6.45) is 1.82. The summed E-state index contributed by atoms with van der Waals surface area (Å²) in [7, 11) is 0. The highest BCUT2D eigenvalue weighted by molar-refractivity contribution is 5.83. The van der Waals surface area contributed by atoms with Crippen molar-refractivity contribution in [2.75, 3.05) is 5.32 Å². The molecule has 0 aliphatic rings. The highest BCUT2D eigenvalue weighted by Crippen LogP contribution is 2.25. The largest absolute Gasteiger partial charge is 0.355 e. The fraction of sp³-hybridized carbons (Fsp3) is 0.211. The zero-order valence-electron chi connectivity index (χ0n) is 12.7. The predicted octanol–water partition coefficient (Wildman–Crippen LogP) is 5.28. The molecule has 0 saturated carbocycles. The molecule has 2 aromatic carbocycles. The molecule has 0 saturated heterocycles. The quantitative estimate of drug-likeness (QED) is 0.689. The molecule has 0 fully saturated rings. The van der Waals surface area contributed by atoms with Crippen LogP contribution in [0.4, 0.5) is 11.4 Å². The lowest BCUT2D eigenvalue weighted by Crippen LogP contribution is -2.10. The molecular formula is C19H20N2. The second kappa shape index (κ2) is 5.21. The molecule has 0 bridgehead atoms. The summed E-state index contributed by atoms with van der Waals surface area (Å²) in [5.74, 6) is 0. The molecule has 21 heavy (non-hydrogen) atoms. The van der Waals surface area contributed by atoms with Crippen LogP contribution in [0.1, 0.15) is 26.3 Å². The van der Waals surface area contributed by atoms with Crippen molar-refractivity contribution < 1.29 is 0 Å². The summed E-state index contributed by atoms with van der Waals surface area (Å²) in [6, 6.07) is 18.9. The van der Waals surface area contributed by atoms with Gasteiger partial charge >= 0.3 is 0 Å². The number of hydrogen-bond donors (Lipinski definition) is 1. The second-order valence-corrected chi connectivity index (χ2v) is 6.36. The topological polar surface area (TPSA) is 24.9 Å². The first-order chi connectivity index (χ1) is 10.0. The smallest absolute Gasteiger partial charge is 0.0722 e. The molecule has 0 unspecified atom stereocenters. The van der Waals surface area contributed by atoms with E-state index in [-0.39, 0.29) is 5.41 Å². The lowest BCUT2D eigenvalue weighted by Gasteiger charge is -2.19. The third kappa shape index (κ3) is 3.05. The van der Waals surface area contributed by atoms with E-state index in [1.165, 1.54) is 5.56 Å². The van der Waals surface area contributed by atoms with Crippen LogP contribution in [0.15, 0.2) is 60.8 Å². The minimum Gasteiger partial charge on any atom is -0.355 e. The number of fused-ring (bicyclic) bond motifs is 1. The molecule has 106 valence electrons. The van der Waals surface area contributed by atoms with Crippen LogP contribution in [-0.2, 0) is 5.41 Å². The molecule has 0 atom stereocenters. The summed E-state index contributed by atoms with van der Waals surface area (Å²) in [5, 5.41) is 4.59. The number of hydrogen-bond acceptors (Lipinski definition) is 2. The molecule has 0 amide bonds. The maximum atomic E-state index is 4.39. The van der Waals surface area contributed by atoms with E-state index < -0.39 is 0 Å². The first kappa shape index (κ1) is 13.6. The highest BCUT2D eigenvalue weighted by atomic mass is 14.9. The molecule has 2 heteroatoms. The number of rotatable bonds is 2. The fourth-order valence-corrected chi connectivity index (χ4v) is 2.36. The normalized spacial score (nSPS) is 11.6. The van der Waals surface area contributed by atoms with E-state index in [2.05, 4.69) is 79.6 Å². The molecule has 3 aromatic rings. The van der Waals surface area contributed by atoms with Crippen molar-refractivity contribution in [2.45, 2.75) is 26.2 Å². The summed E-state index contributed by atoms with van der Waals surface area (Å²) < 4.78 is 0. The van der Waals surface area contributed by atoms with Gasteiger partial charge in [-0.3, -0.25) is 4.98 Å². The molecule has 3 rings (SSSR count). The molecule has 1 N–H and O–H groups in total. The van der Waals surface area contributed by atoms with Crippen LogP contribution in [0, 0.1) is 0 Å². The van der Waals surface area contributed by atoms with Gasteiger partial charge in [-0.15, -0.1) is 0 Å². The standard InChI is InChI=1S/C19H20N2/c1-19(2,3)15-7-10-16(11-8-15)21-17-9-6-14-5-4-12-20-18(14)13-17/h4-13,21H,1-3H3. The van der Waals surface area contributed by atoms with Gasteiger partial charge in [0.1, 0.15) is 0 Å². The van der Waals surface area contributed by atoms with E-state index in [9.17, 15) is 0 Å². The molecule has 0 aliphatic heterocycles. The zero-order chi connectivity index (χ0) is 14.9. The number of nitrogens with one attached hydrogen (secondary N) is 1. The Morgan fingerprint density at radius 2 is 1.57 bits per heavy atom. The molecular weight excluding hydrogens is 256 g/mol. The predicted molar refractivity (Wildman–Crippen MR) is 90.2 cm³/mol. The van der Waals surface area contributed by atoms with Crippen LogP contribution >= 0.6 is 0 Å².